The van der Waals surface area contributed by atoms with E-state index in [-0.39, 0.29) is 42.5 Å². The maximum absolute atomic E-state index is 12.6. The third-order valence-electron chi connectivity index (χ3n) is 6.04. The van der Waals surface area contributed by atoms with Crippen LogP contribution in [0, 0.1) is 5.92 Å². The van der Waals surface area contributed by atoms with Gasteiger partial charge in [0.25, 0.3) is 0 Å². The van der Waals surface area contributed by atoms with Crippen LogP contribution in [0.15, 0.2) is 24.3 Å². The van der Waals surface area contributed by atoms with Crippen LogP contribution in [-0.2, 0) is 22.7 Å². The van der Waals surface area contributed by atoms with Gasteiger partial charge in [-0.2, -0.15) is 0 Å². The fourth-order valence-electron chi connectivity index (χ4n) is 4.34. The van der Waals surface area contributed by atoms with Gasteiger partial charge in [0.2, 0.25) is 11.8 Å². The standard InChI is InChI=1S/C21H32N4O2.2ClH/c1-2-21(9-5-10-24-21)20(27)23-13-16-6-3-7-17(12-16)14-25-11-4-8-18(15-25)19(22)26;;/h3,6-7,12,18,24H,2,4-5,8-11,13-15H2,1H3,(H2,22,26)(H,23,27);2*1H. The van der Waals surface area contributed by atoms with E-state index in [4.69, 9.17) is 5.73 Å². The van der Waals surface area contributed by atoms with Gasteiger partial charge in [-0.1, -0.05) is 31.2 Å². The number of rotatable bonds is 7. The van der Waals surface area contributed by atoms with E-state index in [0.29, 0.717) is 6.54 Å². The Bertz CT molecular complexity index is 680. The summed E-state index contributed by atoms with van der Waals surface area (Å²) < 4.78 is 0. The van der Waals surface area contributed by atoms with E-state index < -0.39 is 5.54 Å². The minimum Gasteiger partial charge on any atom is -0.369 e. The Morgan fingerprint density at radius 2 is 2.03 bits per heavy atom. The highest BCUT2D eigenvalue weighted by Crippen LogP contribution is 2.23. The monoisotopic (exact) mass is 444 g/mol. The molecule has 2 amide bonds. The van der Waals surface area contributed by atoms with Gasteiger partial charge in [-0.3, -0.25) is 14.5 Å². The summed E-state index contributed by atoms with van der Waals surface area (Å²) in [5.74, 6) is -0.125. The van der Waals surface area contributed by atoms with Gasteiger partial charge in [0.15, 0.2) is 0 Å². The van der Waals surface area contributed by atoms with E-state index in [9.17, 15) is 9.59 Å². The van der Waals surface area contributed by atoms with Crippen molar-refractivity contribution in [3.63, 3.8) is 0 Å². The maximum atomic E-state index is 12.6. The van der Waals surface area contributed by atoms with Gasteiger partial charge in [0, 0.05) is 19.6 Å². The second-order valence-corrected chi connectivity index (χ2v) is 7.95. The molecular weight excluding hydrogens is 411 g/mol. The molecule has 0 aliphatic carbocycles. The first kappa shape index (κ1) is 25.7. The molecule has 2 saturated heterocycles. The Labute approximate surface area is 186 Å². The van der Waals surface area contributed by atoms with Crippen LogP contribution >= 0.6 is 24.8 Å². The van der Waals surface area contributed by atoms with Gasteiger partial charge in [0.05, 0.1) is 11.5 Å². The minimum atomic E-state index is -0.394. The summed E-state index contributed by atoms with van der Waals surface area (Å²) in [4.78, 5) is 26.4. The van der Waals surface area contributed by atoms with Crippen molar-refractivity contribution in [3.05, 3.63) is 35.4 Å². The first-order chi connectivity index (χ1) is 13.0. The second kappa shape index (κ2) is 11.7. The Balaban J connectivity index is 0.00000210. The molecule has 0 radical (unpaired) electrons. The van der Waals surface area contributed by atoms with Crippen molar-refractivity contribution in [1.82, 2.24) is 15.5 Å². The molecule has 0 saturated carbocycles. The third-order valence-corrected chi connectivity index (χ3v) is 6.04. The quantitative estimate of drug-likeness (QED) is 0.602. The number of halogens is 2. The van der Waals surface area contributed by atoms with E-state index >= 15 is 0 Å². The van der Waals surface area contributed by atoms with Crippen LogP contribution in [0.1, 0.15) is 50.2 Å². The topological polar surface area (TPSA) is 87.5 Å². The highest BCUT2D eigenvalue weighted by Gasteiger charge is 2.38. The first-order valence-electron chi connectivity index (χ1n) is 10.2. The first-order valence-corrected chi connectivity index (χ1v) is 10.2. The second-order valence-electron chi connectivity index (χ2n) is 7.95. The predicted molar refractivity (Wildman–Crippen MR) is 120 cm³/mol. The molecule has 2 atom stereocenters. The number of hydrogen-bond acceptors (Lipinski definition) is 4. The van der Waals surface area contributed by atoms with Crippen molar-refractivity contribution >= 4 is 36.6 Å². The fraction of sp³-hybridized carbons (Fsp3) is 0.619. The van der Waals surface area contributed by atoms with Gasteiger partial charge >= 0.3 is 0 Å². The number of carbonyl (C=O) groups is 2. The molecule has 2 aliphatic rings. The largest absolute Gasteiger partial charge is 0.369 e. The number of amides is 2. The molecule has 3 rings (SSSR count). The average molecular weight is 445 g/mol. The summed E-state index contributed by atoms with van der Waals surface area (Å²) in [5, 5.41) is 6.49. The van der Waals surface area contributed by atoms with Crippen molar-refractivity contribution < 1.29 is 9.59 Å². The lowest BCUT2D eigenvalue weighted by molar-refractivity contribution is -0.127. The predicted octanol–water partition coefficient (Wildman–Crippen LogP) is 2.38. The molecule has 6 nitrogen and oxygen atoms in total. The Kier molecular flexibility index (Phi) is 10.4. The van der Waals surface area contributed by atoms with Crippen LogP contribution in [0.25, 0.3) is 0 Å². The summed E-state index contributed by atoms with van der Waals surface area (Å²) in [6.45, 7) is 6.07. The number of nitrogens with two attached hydrogens (primary N) is 1. The Morgan fingerprint density at radius 1 is 1.28 bits per heavy atom. The molecule has 0 aromatic heterocycles. The number of hydrogen-bond donors (Lipinski definition) is 3. The molecule has 2 unspecified atom stereocenters. The number of carbonyl (C=O) groups excluding carboxylic acids is 2. The summed E-state index contributed by atoms with van der Waals surface area (Å²) in [5.41, 5.74) is 7.39. The molecule has 1 aromatic carbocycles. The zero-order chi connectivity index (χ0) is 19.3. The SMILES string of the molecule is CCC1(C(=O)NCc2cccc(CN3CCCC(C(N)=O)C3)c2)CCCN1.Cl.Cl. The van der Waals surface area contributed by atoms with Gasteiger partial charge in [-0.25, -0.2) is 0 Å². The average Bonchev–Trinajstić information content (AvgIpc) is 3.17. The van der Waals surface area contributed by atoms with Crippen LogP contribution < -0.4 is 16.4 Å². The van der Waals surface area contributed by atoms with Crippen molar-refractivity contribution in [2.75, 3.05) is 19.6 Å². The lowest BCUT2D eigenvalue weighted by Crippen LogP contribution is -2.52. The van der Waals surface area contributed by atoms with E-state index in [1.165, 1.54) is 5.56 Å². The van der Waals surface area contributed by atoms with E-state index in [1.807, 2.05) is 12.1 Å². The molecule has 164 valence electrons. The van der Waals surface area contributed by atoms with E-state index in [1.54, 1.807) is 0 Å². The lowest BCUT2D eigenvalue weighted by atomic mass is 9.93. The molecule has 0 bridgehead atoms. The molecule has 4 N–H and O–H groups in total. The van der Waals surface area contributed by atoms with Crippen LogP contribution in [0.3, 0.4) is 0 Å². The number of nitrogens with zero attached hydrogens (tertiary/aromatic N) is 1. The van der Waals surface area contributed by atoms with Crippen LogP contribution in [0.2, 0.25) is 0 Å². The minimum absolute atomic E-state index is 0. The molecule has 29 heavy (non-hydrogen) atoms. The van der Waals surface area contributed by atoms with Crippen LogP contribution in [0.5, 0.6) is 0 Å². The molecule has 1 aromatic rings. The number of likely N-dealkylation sites (tertiary alicyclic amines) is 1. The molecule has 8 heteroatoms. The zero-order valence-corrected chi connectivity index (χ0v) is 18.7. The fourth-order valence-corrected chi connectivity index (χ4v) is 4.34. The summed E-state index contributed by atoms with van der Waals surface area (Å²) in [6, 6.07) is 8.34. The lowest BCUT2D eigenvalue weighted by Gasteiger charge is -2.31. The van der Waals surface area contributed by atoms with Crippen molar-refractivity contribution in [1.29, 1.82) is 0 Å². The van der Waals surface area contributed by atoms with Gasteiger partial charge < -0.3 is 16.4 Å². The summed E-state index contributed by atoms with van der Waals surface area (Å²) in [6.07, 6.45) is 4.68. The Morgan fingerprint density at radius 3 is 2.69 bits per heavy atom. The Hall–Kier alpha value is -1.34. The van der Waals surface area contributed by atoms with Crippen molar-refractivity contribution in [3.8, 4) is 0 Å². The van der Waals surface area contributed by atoms with Gasteiger partial charge in [-0.05, 0) is 56.3 Å². The number of piperidine rings is 1. The van der Waals surface area contributed by atoms with Crippen LogP contribution in [0.4, 0.5) is 0 Å². The van der Waals surface area contributed by atoms with Crippen LogP contribution in [-0.4, -0.2) is 41.9 Å². The third kappa shape index (κ3) is 6.57. The highest BCUT2D eigenvalue weighted by molar-refractivity contribution is 5.86. The molecule has 2 aliphatic heterocycles. The number of primary amides is 1. The van der Waals surface area contributed by atoms with E-state index in [2.05, 4.69) is 34.6 Å². The normalized spacial score (nSPS) is 24.2. The van der Waals surface area contributed by atoms with Crippen molar-refractivity contribution in [2.24, 2.45) is 11.7 Å². The zero-order valence-electron chi connectivity index (χ0n) is 17.1. The number of benzene rings is 1. The highest BCUT2D eigenvalue weighted by atomic mass is 35.5. The molecule has 2 heterocycles. The molecule has 0 spiro atoms. The molecular formula is C21H34Cl2N4O2. The van der Waals surface area contributed by atoms with Gasteiger partial charge in [-0.15, -0.1) is 24.8 Å². The molecule has 2 fully saturated rings. The van der Waals surface area contributed by atoms with Crippen molar-refractivity contribution in [2.45, 2.75) is 57.7 Å². The summed E-state index contributed by atoms with van der Waals surface area (Å²) >= 11 is 0. The van der Waals surface area contributed by atoms with Gasteiger partial charge in [0.1, 0.15) is 0 Å². The van der Waals surface area contributed by atoms with E-state index in [0.717, 1.165) is 63.8 Å². The smallest absolute Gasteiger partial charge is 0.240 e. The number of nitrogens with one attached hydrogen (secondary N) is 2. The maximum Gasteiger partial charge on any atom is 0.240 e. The summed E-state index contributed by atoms with van der Waals surface area (Å²) in [7, 11) is 0.